The van der Waals surface area contributed by atoms with Gasteiger partial charge in [0.2, 0.25) is 0 Å². The van der Waals surface area contributed by atoms with Gasteiger partial charge in [0, 0.05) is 12.0 Å². The predicted molar refractivity (Wildman–Crippen MR) is 69.5 cm³/mol. The smallest absolute Gasteiger partial charge is 0.00808 e. The highest BCUT2D eigenvalue weighted by molar-refractivity contribution is 5.31. The minimum atomic E-state index is 0.233. The first-order valence-electron chi connectivity index (χ1n) is 6.25. The summed E-state index contributed by atoms with van der Waals surface area (Å²) < 4.78 is 0. The van der Waals surface area contributed by atoms with E-state index in [1.807, 2.05) is 0 Å². The number of hydrogen-bond acceptors (Lipinski definition) is 1. The highest BCUT2D eigenvalue weighted by atomic mass is 14.6. The van der Waals surface area contributed by atoms with Gasteiger partial charge >= 0.3 is 0 Å². The lowest BCUT2D eigenvalue weighted by molar-refractivity contribution is 0.338. The first-order valence-corrected chi connectivity index (χ1v) is 6.25. The van der Waals surface area contributed by atoms with Crippen LogP contribution in [0.15, 0.2) is 24.3 Å². The van der Waals surface area contributed by atoms with Crippen LogP contribution in [0.5, 0.6) is 0 Å². The molecule has 1 unspecified atom stereocenters. The van der Waals surface area contributed by atoms with E-state index >= 15 is 0 Å². The van der Waals surface area contributed by atoms with Crippen LogP contribution in [0.1, 0.15) is 44.2 Å². The number of aryl methyl sites for hydroxylation is 1. The van der Waals surface area contributed by atoms with Crippen LogP contribution < -0.4 is 5.73 Å². The SMILES string of the molecule is Cc1ccc(C2(CN)CCC(C)(C)C2)cc1. The van der Waals surface area contributed by atoms with Crippen LogP contribution in [0.2, 0.25) is 0 Å². The quantitative estimate of drug-likeness (QED) is 0.807. The number of rotatable bonds is 2. The van der Waals surface area contributed by atoms with E-state index in [1.54, 1.807) is 0 Å². The Morgan fingerprint density at radius 1 is 1.12 bits per heavy atom. The van der Waals surface area contributed by atoms with Crippen LogP contribution in [-0.2, 0) is 5.41 Å². The summed E-state index contributed by atoms with van der Waals surface area (Å²) >= 11 is 0. The maximum absolute atomic E-state index is 6.06. The molecule has 0 bridgehead atoms. The molecular weight excluding hydrogens is 194 g/mol. The standard InChI is InChI=1S/C15H23N/c1-12-4-6-13(7-5-12)15(11-16)9-8-14(2,3)10-15/h4-7H,8-11,16H2,1-3H3. The van der Waals surface area contributed by atoms with Gasteiger partial charge in [0.1, 0.15) is 0 Å². The third-order valence-electron chi connectivity index (χ3n) is 4.15. The lowest BCUT2D eigenvalue weighted by Gasteiger charge is -2.30. The van der Waals surface area contributed by atoms with Crippen molar-refractivity contribution in [2.75, 3.05) is 6.54 Å². The van der Waals surface area contributed by atoms with Gasteiger partial charge in [0.15, 0.2) is 0 Å². The van der Waals surface area contributed by atoms with Crippen LogP contribution in [0.4, 0.5) is 0 Å². The van der Waals surface area contributed by atoms with Gasteiger partial charge in [-0.2, -0.15) is 0 Å². The molecule has 0 aromatic heterocycles. The molecule has 88 valence electrons. The summed E-state index contributed by atoms with van der Waals surface area (Å²) in [5, 5.41) is 0. The summed E-state index contributed by atoms with van der Waals surface area (Å²) in [7, 11) is 0. The second kappa shape index (κ2) is 3.89. The van der Waals surface area contributed by atoms with Gasteiger partial charge in [0.25, 0.3) is 0 Å². The molecule has 1 aromatic rings. The van der Waals surface area contributed by atoms with Crippen LogP contribution in [-0.4, -0.2) is 6.54 Å². The van der Waals surface area contributed by atoms with Crippen LogP contribution in [0.3, 0.4) is 0 Å². The minimum Gasteiger partial charge on any atom is -0.330 e. The van der Waals surface area contributed by atoms with Crippen molar-refractivity contribution in [3.8, 4) is 0 Å². The van der Waals surface area contributed by atoms with Crippen LogP contribution in [0, 0.1) is 12.3 Å². The molecule has 1 aliphatic rings. The van der Waals surface area contributed by atoms with Crippen molar-refractivity contribution in [3.63, 3.8) is 0 Å². The van der Waals surface area contributed by atoms with Crippen molar-refractivity contribution >= 4 is 0 Å². The van der Waals surface area contributed by atoms with Crippen molar-refractivity contribution in [1.29, 1.82) is 0 Å². The summed E-state index contributed by atoms with van der Waals surface area (Å²) in [5.74, 6) is 0. The van der Waals surface area contributed by atoms with Crippen molar-refractivity contribution in [2.24, 2.45) is 11.1 Å². The summed E-state index contributed by atoms with van der Waals surface area (Å²) in [4.78, 5) is 0. The molecule has 0 heterocycles. The normalized spacial score (nSPS) is 28.2. The Bertz CT molecular complexity index is 364. The van der Waals surface area contributed by atoms with Crippen molar-refractivity contribution in [3.05, 3.63) is 35.4 Å². The highest BCUT2D eigenvalue weighted by Crippen LogP contribution is 2.49. The average molecular weight is 217 g/mol. The zero-order valence-electron chi connectivity index (χ0n) is 10.7. The molecule has 1 heteroatoms. The monoisotopic (exact) mass is 217 g/mol. The first-order chi connectivity index (χ1) is 7.47. The molecule has 1 saturated carbocycles. The second-order valence-corrected chi connectivity index (χ2v) is 6.19. The van der Waals surface area contributed by atoms with E-state index in [9.17, 15) is 0 Å². The van der Waals surface area contributed by atoms with E-state index < -0.39 is 0 Å². The lowest BCUT2D eigenvalue weighted by atomic mass is 9.76. The van der Waals surface area contributed by atoms with E-state index in [0.29, 0.717) is 5.41 Å². The average Bonchev–Trinajstić information content (AvgIpc) is 2.57. The molecule has 0 spiro atoms. The van der Waals surface area contributed by atoms with Crippen molar-refractivity contribution in [1.82, 2.24) is 0 Å². The zero-order valence-corrected chi connectivity index (χ0v) is 10.7. The van der Waals surface area contributed by atoms with E-state index in [1.165, 1.54) is 30.4 Å². The molecule has 1 aliphatic carbocycles. The van der Waals surface area contributed by atoms with Gasteiger partial charge in [-0.3, -0.25) is 0 Å². The molecule has 2 rings (SSSR count). The molecule has 1 fully saturated rings. The molecule has 0 amide bonds. The fourth-order valence-electron chi connectivity index (χ4n) is 3.12. The lowest BCUT2D eigenvalue weighted by Crippen LogP contribution is -2.33. The van der Waals surface area contributed by atoms with Gasteiger partial charge in [-0.05, 0) is 37.2 Å². The highest BCUT2D eigenvalue weighted by Gasteiger charge is 2.43. The molecule has 0 saturated heterocycles. The molecular formula is C15H23N. The molecule has 0 radical (unpaired) electrons. The fourth-order valence-corrected chi connectivity index (χ4v) is 3.12. The van der Waals surface area contributed by atoms with E-state index in [0.717, 1.165) is 6.54 Å². The number of hydrogen-bond donors (Lipinski definition) is 1. The summed E-state index contributed by atoms with van der Waals surface area (Å²) in [6, 6.07) is 8.95. The third-order valence-corrected chi connectivity index (χ3v) is 4.15. The largest absolute Gasteiger partial charge is 0.330 e. The van der Waals surface area contributed by atoms with E-state index in [-0.39, 0.29) is 5.41 Å². The number of nitrogens with two attached hydrogens (primary N) is 1. The molecule has 0 aliphatic heterocycles. The van der Waals surface area contributed by atoms with E-state index in [2.05, 4.69) is 45.0 Å². The topological polar surface area (TPSA) is 26.0 Å². The third kappa shape index (κ3) is 2.01. The fraction of sp³-hybridized carbons (Fsp3) is 0.600. The predicted octanol–water partition coefficient (Wildman–Crippen LogP) is 3.40. The Balaban J connectivity index is 2.33. The Hall–Kier alpha value is -0.820. The zero-order chi connectivity index (χ0) is 11.8. The van der Waals surface area contributed by atoms with Gasteiger partial charge in [-0.15, -0.1) is 0 Å². The second-order valence-electron chi connectivity index (χ2n) is 6.19. The summed E-state index contributed by atoms with van der Waals surface area (Å²) in [6.07, 6.45) is 3.75. The van der Waals surface area contributed by atoms with Gasteiger partial charge < -0.3 is 5.73 Å². The van der Waals surface area contributed by atoms with Crippen LogP contribution >= 0.6 is 0 Å². The maximum atomic E-state index is 6.06. The van der Waals surface area contributed by atoms with Gasteiger partial charge in [0.05, 0.1) is 0 Å². The van der Waals surface area contributed by atoms with Gasteiger partial charge in [-0.25, -0.2) is 0 Å². The number of benzene rings is 1. The minimum absolute atomic E-state index is 0.233. The first kappa shape index (κ1) is 11.7. The Morgan fingerprint density at radius 3 is 2.19 bits per heavy atom. The summed E-state index contributed by atoms with van der Waals surface area (Å²) in [6.45, 7) is 7.63. The Kier molecular flexibility index (Phi) is 2.83. The van der Waals surface area contributed by atoms with Crippen molar-refractivity contribution < 1.29 is 0 Å². The molecule has 16 heavy (non-hydrogen) atoms. The molecule has 1 atom stereocenters. The maximum Gasteiger partial charge on any atom is 0.00808 e. The van der Waals surface area contributed by atoms with Crippen molar-refractivity contribution in [2.45, 2.75) is 45.4 Å². The molecule has 2 N–H and O–H groups in total. The molecule has 1 aromatic carbocycles. The Morgan fingerprint density at radius 2 is 1.75 bits per heavy atom. The van der Waals surface area contributed by atoms with Crippen LogP contribution in [0.25, 0.3) is 0 Å². The van der Waals surface area contributed by atoms with E-state index in [4.69, 9.17) is 5.73 Å². The summed E-state index contributed by atoms with van der Waals surface area (Å²) in [5.41, 5.74) is 9.51. The Labute approximate surface area is 99.0 Å². The van der Waals surface area contributed by atoms with Gasteiger partial charge in [-0.1, -0.05) is 43.7 Å². The molecule has 1 nitrogen and oxygen atoms in total.